The zero-order valence-electron chi connectivity index (χ0n) is 29.6. The lowest BCUT2D eigenvalue weighted by molar-refractivity contribution is 0.358. The lowest BCUT2D eigenvalue weighted by atomic mass is 9.65. The molecule has 0 unspecified atom stereocenters. The number of rotatable bonds is 3. The van der Waals surface area contributed by atoms with Gasteiger partial charge in [-0.05, 0) is 99.6 Å². The smallest absolute Gasteiger partial charge is 0.170 e. The fourth-order valence-electron chi connectivity index (χ4n) is 9.32. The third kappa shape index (κ3) is 4.16. The first-order valence-corrected chi connectivity index (χ1v) is 18.7. The minimum atomic E-state index is -0.752. The molecule has 1 aromatic heterocycles. The fourth-order valence-corrected chi connectivity index (χ4v) is 9.32. The van der Waals surface area contributed by atoms with E-state index < -0.39 is 5.41 Å². The van der Waals surface area contributed by atoms with Gasteiger partial charge in [0.1, 0.15) is 11.2 Å². The van der Waals surface area contributed by atoms with E-state index in [1.54, 1.807) is 0 Å². The monoisotopic (exact) mass is 705 g/mol. The number of fused-ring (bicyclic) bond motifs is 15. The summed E-state index contributed by atoms with van der Waals surface area (Å²) >= 11 is 0. The first-order valence-electron chi connectivity index (χ1n) is 18.7. The Morgan fingerprint density at radius 2 is 1.00 bits per heavy atom. The molecule has 258 valence electrons. The van der Waals surface area contributed by atoms with Crippen molar-refractivity contribution < 1.29 is 13.9 Å². The molecule has 8 aromatic carbocycles. The van der Waals surface area contributed by atoms with Crippen LogP contribution in [0.3, 0.4) is 0 Å². The largest absolute Gasteiger partial charge is 0.455 e. The van der Waals surface area contributed by atoms with Crippen LogP contribution >= 0.6 is 0 Å². The molecule has 0 saturated heterocycles. The summed E-state index contributed by atoms with van der Waals surface area (Å²) in [5.74, 6) is 2.79. The van der Waals surface area contributed by atoms with E-state index in [4.69, 9.17) is 13.9 Å². The summed E-state index contributed by atoms with van der Waals surface area (Å²) in [6, 6.07) is 62.1. The highest BCUT2D eigenvalue weighted by Gasteiger charge is 2.50. The van der Waals surface area contributed by atoms with Crippen molar-refractivity contribution >= 4 is 51.2 Å². The van der Waals surface area contributed by atoms with Crippen LogP contribution in [0.15, 0.2) is 180 Å². The molecule has 1 aliphatic heterocycles. The highest BCUT2D eigenvalue weighted by Crippen LogP contribution is 2.62. The van der Waals surface area contributed by atoms with Crippen molar-refractivity contribution in [3.8, 4) is 34.1 Å². The maximum absolute atomic E-state index is 7.06. The van der Waals surface area contributed by atoms with Crippen LogP contribution in [-0.4, -0.2) is 0 Å². The molecule has 4 heteroatoms. The molecule has 0 saturated carbocycles. The van der Waals surface area contributed by atoms with Gasteiger partial charge in [-0.2, -0.15) is 0 Å². The Labute approximate surface area is 317 Å². The Morgan fingerprint density at radius 3 is 1.67 bits per heavy atom. The van der Waals surface area contributed by atoms with Gasteiger partial charge in [0.25, 0.3) is 0 Å². The van der Waals surface area contributed by atoms with E-state index in [1.165, 1.54) is 22.3 Å². The maximum atomic E-state index is 7.06. The third-order valence-corrected chi connectivity index (χ3v) is 11.5. The van der Waals surface area contributed by atoms with Crippen LogP contribution < -0.4 is 14.4 Å². The molecule has 0 fully saturated rings. The molecule has 0 amide bonds. The van der Waals surface area contributed by atoms with Gasteiger partial charge in [0.05, 0.1) is 16.5 Å². The van der Waals surface area contributed by atoms with Gasteiger partial charge in [0, 0.05) is 22.3 Å². The SMILES string of the molecule is C1=Cc2c(cc(N(c3ccccc3)c3ccccc3)c3c2oc2ccccc23)C2(c3cc4c(cc31)Oc1ccccc1O4)c1ccccc1-c1ccccc12. The summed E-state index contributed by atoms with van der Waals surface area (Å²) in [5, 5.41) is 2.13. The zero-order valence-corrected chi connectivity index (χ0v) is 29.6. The topological polar surface area (TPSA) is 34.8 Å². The van der Waals surface area contributed by atoms with Gasteiger partial charge >= 0.3 is 0 Å². The normalized spacial score (nSPS) is 13.8. The quantitative estimate of drug-likeness (QED) is 0.183. The van der Waals surface area contributed by atoms with Crippen LogP contribution in [0.25, 0.3) is 45.2 Å². The van der Waals surface area contributed by atoms with Gasteiger partial charge in [0.15, 0.2) is 23.0 Å². The Morgan fingerprint density at radius 1 is 0.436 bits per heavy atom. The van der Waals surface area contributed by atoms with Crippen molar-refractivity contribution in [2.75, 3.05) is 4.90 Å². The van der Waals surface area contributed by atoms with Gasteiger partial charge < -0.3 is 18.8 Å². The molecular weight excluding hydrogens is 675 g/mol. The van der Waals surface area contributed by atoms with E-state index in [0.29, 0.717) is 23.0 Å². The lowest BCUT2D eigenvalue weighted by Crippen LogP contribution is -2.30. The Kier molecular flexibility index (Phi) is 6.23. The van der Waals surface area contributed by atoms with Crippen LogP contribution in [0, 0.1) is 0 Å². The fraction of sp³-hybridized carbons (Fsp3) is 0.0196. The van der Waals surface area contributed by atoms with Crippen molar-refractivity contribution in [1.29, 1.82) is 0 Å². The number of anilines is 3. The molecule has 55 heavy (non-hydrogen) atoms. The first kappa shape index (κ1) is 30.2. The van der Waals surface area contributed by atoms with Gasteiger partial charge in [-0.1, -0.05) is 127 Å². The Bertz CT molecular complexity index is 2970. The number of furan rings is 1. The van der Waals surface area contributed by atoms with Gasteiger partial charge in [-0.3, -0.25) is 0 Å². The van der Waals surface area contributed by atoms with Crippen molar-refractivity contribution in [3.05, 3.63) is 209 Å². The van der Waals surface area contributed by atoms with Crippen molar-refractivity contribution in [2.45, 2.75) is 5.41 Å². The van der Waals surface area contributed by atoms with Crippen LogP contribution in [0.4, 0.5) is 17.1 Å². The summed E-state index contributed by atoms with van der Waals surface area (Å²) < 4.78 is 20.3. The number of ether oxygens (including phenoxy) is 2. The van der Waals surface area contributed by atoms with Crippen LogP contribution in [-0.2, 0) is 5.41 Å². The van der Waals surface area contributed by atoms with E-state index in [0.717, 1.165) is 61.3 Å². The molecule has 9 aromatic rings. The third-order valence-electron chi connectivity index (χ3n) is 11.5. The molecule has 2 heterocycles. The molecular formula is C51H31NO3. The van der Waals surface area contributed by atoms with Crippen LogP contribution in [0.5, 0.6) is 23.0 Å². The highest BCUT2D eigenvalue weighted by molar-refractivity contribution is 6.17. The van der Waals surface area contributed by atoms with Crippen molar-refractivity contribution in [1.82, 2.24) is 0 Å². The predicted molar refractivity (Wildman–Crippen MR) is 221 cm³/mol. The van der Waals surface area contributed by atoms with Crippen molar-refractivity contribution in [3.63, 3.8) is 0 Å². The predicted octanol–water partition coefficient (Wildman–Crippen LogP) is 13.8. The second-order valence-electron chi connectivity index (χ2n) is 14.4. The molecule has 12 rings (SSSR count). The average molecular weight is 706 g/mol. The summed E-state index contributed by atoms with van der Waals surface area (Å²) in [5.41, 5.74) is 13.3. The van der Waals surface area contributed by atoms with E-state index in [-0.39, 0.29) is 0 Å². The number of para-hydroxylation sites is 5. The van der Waals surface area contributed by atoms with Crippen LogP contribution in [0.2, 0.25) is 0 Å². The minimum Gasteiger partial charge on any atom is -0.455 e. The van der Waals surface area contributed by atoms with E-state index in [1.807, 2.05) is 30.3 Å². The molecule has 0 N–H and O–H groups in total. The number of nitrogens with zero attached hydrogens (tertiary/aromatic N) is 1. The summed E-state index contributed by atoms with van der Waals surface area (Å²) in [4.78, 5) is 2.38. The Balaban J connectivity index is 1.26. The second-order valence-corrected chi connectivity index (χ2v) is 14.4. The Hall–Kier alpha value is -7.30. The first-order chi connectivity index (χ1) is 27.3. The number of hydrogen-bond acceptors (Lipinski definition) is 4. The maximum Gasteiger partial charge on any atom is 0.170 e. The van der Waals surface area contributed by atoms with E-state index in [2.05, 4.69) is 163 Å². The highest BCUT2D eigenvalue weighted by atomic mass is 16.6. The molecule has 0 bridgehead atoms. The van der Waals surface area contributed by atoms with E-state index >= 15 is 0 Å². The molecule has 0 atom stereocenters. The van der Waals surface area contributed by atoms with Gasteiger partial charge in [0.2, 0.25) is 0 Å². The molecule has 4 nitrogen and oxygen atoms in total. The average Bonchev–Trinajstić information content (AvgIpc) is 3.73. The summed E-state index contributed by atoms with van der Waals surface area (Å²) in [6.07, 6.45) is 4.48. The summed E-state index contributed by atoms with van der Waals surface area (Å²) in [7, 11) is 0. The molecule has 2 aliphatic carbocycles. The van der Waals surface area contributed by atoms with Gasteiger partial charge in [-0.15, -0.1) is 0 Å². The number of hydrogen-bond donors (Lipinski definition) is 0. The number of benzene rings is 8. The van der Waals surface area contributed by atoms with Gasteiger partial charge in [-0.25, -0.2) is 0 Å². The molecule has 0 radical (unpaired) electrons. The van der Waals surface area contributed by atoms with Crippen molar-refractivity contribution in [2.24, 2.45) is 0 Å². The second kappa shape index (κ2) is 11.3. The lowest BCUT2D eigenvalue weighted by Gasteiger charge is -2.37. The van der Waals surface area contributed by atoms with Crippen LogP contribution in [0.1, 0.15) is 33.4 Å². The molecule has 3 aliphatic rings. The summed E-state index contributed by atoms with van der Waals surface area (Å²) in [6.45, 7) is 0. The molecule has 1 spiro atoms. The van der Waals surface area contributed by atoms with E-state index in [9.17, 15) is 0 Å². The zero-order chi connectivity index (χ0) is 36.1. The standard InChI is InChI=1S/C51H31NO3/c1-3-15-33(16-4-1)52(34-17-5-2-6-18-34)43-30-42-37(50-49(43)38-21-9-12-24-44(38)55-50)28-27-32-29-47-48(54-46-26-14-13-25-45(46)53-47)31-41(32)51(42)39-22-10-7-19-35(39)36-20-8-11-23-40(36)51/h1-31H. The minimum absolute atomic E-state index is 0.691.